The van der Waals surface area contributed by atoms with Crippen molar-refractivity contribution in [3.63, 3.8) is 0 Å². The summed E-state index contributed by atoms with van der Waals surface area (Å²) in [4.78, 5) is 21.5. The van der Waals surface area contributed by atoms with Crippen LogP contribution in [0.1, 0.15) is 52.8 Å². The van der Waals surface area contributed by atoms with Gasteiger partial charge >= 0.3 is 0 Å². The molecule has 4 rings (SSSR count). The average Bonchev–Trinajstić information content (AvgIpc) is 3.40. The number of pyridine rings is 1. The van der Waals surface area contributed by atoms with Crippen molar-refractivity contribution in [2.45, 2.75) is 40.2 Å². The number of amides is 1. The first-order valence-corrected chi connectivity index (χ1v) is 10.1. The van der Waals surface area contributed by atoms with Gasteiger partial charge in [-0.1, -0.05) is 43.3 Å². The van der Waals surface area contributed by atoms with Gasteiger partial charge in [0.15, 0.2) is 11.6 Å². The molecule has 31 heavy (non-hydrogen) atoms. The molecule has 3 heterocycles. The second kappa shape index (κ2) is 8.51. The van der Waals surface area contributed by atoms with Gasteiger partial charge in [0, 0.05) is 18.7 Å². The summed E-state index contributed by atoms with van der Waals surface area (Å²) in [5.74, 6) is 1.70. The Morgan fingerprint density at radius 3 is 2.61 bits per heavy atom. The number of rotatable bonds is 6. The van der Waals surface area contributed by atoms with E-state index in [0.29, 0.717) is 35.3 Å². The Hall–Kier alpha value is -3.81. The fraction of sp³-hybridized carbons (Fsp3) is 0.261. The monoisotopic (exact) mass is 416 g/mol. The first kappa shape index (κ1) is 20.5. The third-order valence-corrected chi connectivity index (χ3v) is 5.13. The summed E-state index contributed by atoms with van der Waals surface area (Å²) in [5.41, 5.74) is 4.17. The summed E-state index contributed by atoms with van der Waals surface area (Å²) in [6, 6.07) is 11.6. The smallest absolute Gasteiger partial charge is 0.259 e. The van der Waals surface area contributed by atoms with Crippen LogP contribution in [0.25, 0.3) is 17.3 Å². The Balaban J connectivity index is 1.49. The van der Waals surface area contributed by atoms with E-state index in [0.717, 1.165) is 16.7 Å². The molecule has 0 radical (unpaired) electrons. The Bertz CT molecular complexity index is 1210. The van der Waals surface area contributed by atoms with Crippen LogP contribution in [0.15, 0.2) is 53.3 Å². The van der Waals surface area contributed by atoms with Gasteiger partial charge in [-0.05, 0) is 37.1 Å². The van der Waals surface area contributed by atoms with Crippen LogP contribution in [0.3, 0.4) is 0 Å². The zero-order chi connectivity index (χ0) is 22.0. The van der Waals surface area contributed by atoms with Gasteiger partial charge in [0.25, 0.3) is 11.8 Å². The second-order valence-corrected chi connectivity index (χ2v) is 7.68. The van der Waals surface area contributed by atoms with E-state index in [1.807, 2.05) is 64.1 Å². The number of benzene rings is 1. The van der Waals surface area contributed by atoms with E-state index in [4.69, 9.17) is 4.52 Å². The largest absolute Gasteiger partial charge is 0.348 e. The van der Waals surface area contributed by atoms with E-state index < -0.39 is 0 Å². The van der Waals surface area contributed by atoms with Crippen LogP contribution in [0.2, 0.25) is 0 Å². The topological polar surface area (TPSA) is 98.7 Å². The SMILES string of the molecule is Cc1ccccc1CNC(=O)c1cnn(-c2ccc(-c3nc(C(C)C)no3)cn2)c1C. The van der Waals surface area contributed by atoms with E-state index in [9.17, 15) is 4.79 Å². The average molecular weight is 416 g/mol. The molecule has 0 fully saturated rings. The van der Waals surface area contributed by atoms with Gasteiger partial charge in [-0.3, -0.25) is 4.79 Å². The quantitative estimate of drug-likeness (QED) is 0.510. The molecule has 0 unspecified atom stereocenters. The first-order valence-electron chi connectivity index (χ1n) is 10.1. The van der Waals surface area contributed by atoms with Crippen LogP contribution in [0.5, 0.6) is 0 Å². The van der Waals surface area contributed by atoms with E-state index >= 15 is 0 Å². The molecule has 0 saturated heterocycles. The van der Waals surface area contributed by atoms with Crippen molar-refractivity contribution in [2.75, 3.05) is 0 Å². The van der Waals surface area contributed by atoms with Crippen molar-refractivity contribution in [2.24, 2.45) is 0 Å². The maximum Gasteiger partial charge on any atom is 0.259 e. The highest BCUT2D eigenvalue weighted by molar-refractivity contribution is 5.95. The molecule has 8 nitrogen and oxygen atoms in total. The number of carbonyl (C=O) groups is 1. The van der Waals surface area contributed by atoms with Gasteiger partial charge in [0.1, 0.15) is 0 Å². The summed E-state index contributed by atoms with van der Waals surface area (Å²) in [6.07, 6.45) is 3.22. The number of aromatic nitrogens is 5. The lowest BCUT2D eigenvalue weighted by Gasteiger charge is -2.08. The molecule has 0 aliphatic rings. The van der Waals surface area contributed by atoms with Crippen molar-refractivity contribution >= 4 is 5.91 Å². The normalized spacial score (nSPS) is 11.1. The highest BCUT2D eigenvalue weighted by Crippen LogP contribution is 2.21. The standard InChI is InChI=1S/C23H24N6O2/c1-14(2)21-27-23(31-28-21)18-9-10-20(24-12-18)29-16(4)19(13-26-29)22(30)25-11-17-8-6-5-7-15(17)3/h5-10,12-14H,11H2,1-4H3,(H,25,30). The summed E-state index contributed by atoms with van der Waals surface area (Å²) >= 11 is 0. The minimum Gasteiger partial charge on any atom is -0.348 e. The highest BCUT2D eigenvalue weighted by Gasteiger charge is 2.17. The Kier molecular flexibility index (Phi) is 5.62. The first-order chi connectivity index (χ1) is 14.9. The minimum absolute atomic E-state index is 0.171. The van der Waals surface area contributed by atoms with E-state index in [1.165, 1.54) is 0 Å². The molecule has 3 aromatic heterocycles. The third-order valence-electron chi connectivity index (χ3n) is 5.13. The predicted molar refractivity (Wildman–Crippen MR) is 116 cm³/mol. The molecule has 158 valence electrons. The van der Waals surface area contributed by atoms with Crippen LogP contribution in [-0.2, 0) is 6.54 Å². The van der Waals surface area contributed by atoms with Crippen molar-refractivity contribution in [1.29, 1.82) is 0 Å². The van der Waals surface area contributed by atoms with E-state index in [2.05, 4.69) is 25.5 Å². The molecule has 0 aliphatic heterocycles. The lowest BCUT2D eigenvalue weighted by atomic mass is 10.1. The maximum atomic E-state index is 12.7. The van der Waals surface area contributed by atoms with Crippen LogP contribution < -0.4 is 5.32 Å². The zero-order valence-electron chi connectivity index (χ0n) is 18.0. The van der Waals surface area contributed by atoms with Crippen molar-refractivity contribution < 1.29 is 9.32 Å². The molecule has 1 amide bonds. The molecule has 1 N–H and O–H groups in total. The number of hydrogen-bond acceptors (Lipinski definition) is 6. The van der Waals surface area contributed by atoms with Crippen molar-refractivity contribution in [3.05, 3.63) is 77.0 Å². The number of carbonyl (C=O) groups excluding carboxylic acids is 1. The molecule has 1 aromatic carbocycles. The second-order valence-electron chi connectivity index (χ2n) is 7.68. The van der Waals surface area contributed by atoms with E-state index in [1.54, 1.807) is 17.1 Å². The summed E-state index contributed by atoms with van der Waals surface area (Å²) in [5, 5.41) is 11.3. The molecule has 0 saturated carbocycles. The van der Waals surface area contributed by atoms with Gasteiger partial charge in [0.2, 0.25) is 0 Å². The van der Waals surface area contributed by atoms with Crippen LogP contribution in [-0.4, -0.2) is 30.8 Å². The van der Waals surface area contributed by atoms with Gasteiger partial charge in [-0.2, -0.15) is 10.1 Å². The fourth-order valence-corrected chi connectivity index (χ4v) is 3.17. The summed E-state index contributed by atoms with van der Waals surface area (Å²) in [6.45, 7) is 8.35. The molecule has 0 spiro atoms. The molecular weight excluding hydrogens is 392 g/mol. The lowest BCUT2D eigenvalue weighted by Crippen LogP contribution is -2.23. The summed E-state index contributed by atoms with van der Waals surface area (Å²) < 4.78 is 6.95. The molecule has 4 aromatic rings. The molecule has 8 heteroatoms. The lowest BCUT2D eigenvalue weighted by molar-refractivity contribution is 0.0950. The number of aryl methyl sites for hydroxylation is 1. The third kappa shape index (κ3) is 4.23. The molecule has 0 atom stereocenters. The van der Waals surface area contributed by atoms with Crippen molar-refractivity contribution in [3.8, 4) is 17.3 Å². The molecular formula is C23H24N6O2. The van der Waals surface area contributed by atoms with Gasteiger partial charge in [0.05, 0.1) is 23.0 Å². The van der Waals surface area contributed by atoms with Crippen LogP contribution in [0, 0.1) is 13.8 Å². The van der Waals surface area contributed by atoms with Gasteiger partial charge < -0.3 is 9.84 Å². The van der Waals surface area contributed by atoms with Crippen LogP contribution >= 0.6 is 0 Å². The molecule has 0 bridgehead atoms. The number of hydrogen-bond donors (Lipinski definition) is 1. The molecule has 0 aliphatic carbocycles. The summed E-state index contributed by atoms with van der Waals surface area (Å²) in [7, 11) is 0. The fourth-order valence-electron chi connectivity index (χ4n) is 3.17. The highest BCUT2D eigenvalue weighted by atomic mass is 16.5. The zero-order valence-corrected chi connectivity index (χ0v) is 18.0. The van der Waals surface area contributed by atoms with Crippen LogP contribution in [0.4, 0.5) is 0 Å². The predicted octanol–water partition coefficient (Wildman–Crippen LogP) is 3.99. The van der Waals surface area contributed by atoms with Gasteiger partial charge in [-0.25, -0.2) is 9.67 Å². The Labute approximate surface area is 180 Å². The van der Waals surface area contributed by atoms with Gasteiger partial charge in [-0.15, -0.1) is 0 Å². The van der Waals surface area contributed by atoms with E-state index in [-0.39, 0.29) is 11.8 Å². The maximum absolute atomic E-state index is 12.7. The van der Waals surface area contributed by atoms with Crippen molar-refractivity contribution in [1.82, 2.24) is 30.2 Å². The number of nitrogens with zero attached hydrogens (tertiary/aromatic N) is 5. The number of nitrogens with one attached hydrogen (secondary N) is 1. The Morgan fingerprint density at radius 1 is 1.13 bits per heavy atom. The Morgan fingerprint density at radius 2 is 1.94 bits per heavy atom. The minimum atomic E-state index is -0.171.